The Balaban J connectivity index is 0.00000140. The summed E-state index contributed by atoms with van der Waals surface area (Å²) in [5.74, 6) is -1.65. The van der Waals surface area contributed by atoms with Gasteiger partial charge in [0, 0.05) is 56.7 Å². The van der Waals surface area contributed by atoms with Gasteiger partial charge in [-0.05, 0) is 58.2 Å². The molecule has 0 bridgehead atoms. The van der Waals surface area contributed by atoms with E-state index in [0.717, 1.165) is 32.4 Å². The maximum absolute atomic E-state index is 12.7. The molecule has 4 N–H and O–H groups in total. The molecule has 0 radical (unpaired) electrons. The van der Waals surface area contributed by atoms with E-state index in [2.05, 4.69) is 59.3 Å². The molecule has 1 aromatic rings. The highest BCUT2D eigenvalue weighted by Crippen LogP contribution is 2.18. The van der Waals surface area contributed by atoms with Crippen LogP contribution in [-0.2, 0) is 33.9 Å². The quantitative estimate of drug-likeness (QED) is 0.153. The van der Waals surface area contributed by atoms with Gasteiger partial charge in [-0.2, -0.15) is 11.8 Å². The minimum atomic E-state index is -3.96. The molecule has 1 aliphatic heterocycles. The van der Waals surface area contributed by atoms with Crippen LogP contribution in [0.1, 0.15) is 61.8 Å². The second-order valence-corrected chi connectivity index (χ2v) is 15.4. The smallest absolute Gasteiger partial charge is 0.329 e. The topological polar surface area (TPSA) is 165 Å². The Morgan fingerprint density at radius 2 is 1.65 bits per heavy atom. The third kappa shape index (κ3) is 22.5. The van der Waals surface area contributed by atoms with Crippen molar-refractivity contribution in [3.05, 3.63) is 60.7 Å². The van der Waals surface area contributed by atoms with Crippen molar-refractivity contribution < 1.29 is 32.3 Å². The largest absolute Gasteiger partial charge is 0.458 e. The third-order valence-electron chi connectivity index (χ3n) is 5.46. The highest BCUT2D eigenvalue weighted by Gasteiger charge is 2.27. The molecule has 1 aliphatic rings. The molecule has 2 rings (SSSR count). The molecule has 14 heteroatoms. The molecule has 0 aliphatic carbocycles. The van der Waals surface area contributed by atoms with Crippen LogP contribution in [0.5, 0.6) is 0 Å². The van der Waals surface area contributed by atoms with Crippen LogP contribution >= 0.6 is 11.8 Å². The van der Waals surface area contributed by atoms with E-state index in [4.69, 9.17) is 9.47 Å². The second kappa shape index (κ2) is 21.7. The van der Waals surface area contributed by atoms with Crippen LogP contribution in [0.15, 0.2) is 65.6 Å². The first-order valence-corrected chi connectivity index (χ1v) is 17.6. The van der Waals surface area contributed by atoms with E-state index in [1.807, 2.05) is 11.8 Å². The van der Waals surface area contributed by atoms with Crippen LogP contribution < -0.4 is 20.7 Å². The first kappa shape index (κ1) is 43.0. The molecular weight excluding hydrogens is 631 g/mol. The van der Waals surface area contributed by atoms with E-state index in [1.165, 1.54) is 37.4 Å². The highest BCUT2D eigenvalue weighted by atomic mass is 32.2. The van der Waals surface area contributed by atoms with Crippen LogP contribution in [0.4, 0.5) is 0 Å². The number of carbonyl (C=O) groups is 3. The van der Waals surface area contributed by atoms with Crippen LogP contribution in [-0.4, -0.2) is 86.6 Å². The number of thioether (sulfide) groups is 1. The van der Waals surface area contributed by atoms with Gasteiger partial charge in [-0.3, -0.25) is 14.6 Å². The molecule has 260 valence electrons. The molecule has 0 aromatic carbocycles. The number of carbonyl (C=O) groups excluding carboxylic acids is 3. The van der Waals surface area contributed by atoms with Gasteiger partial charge in [-0.1, -0.05) is 39.0 Å². The normalized spacial score (nSPS) is 14.5. The minimum absolute atomic E-state index is 0.0242. The van der Waals surface area contributed by atoms with E-state index in [0.29, 0.717) is 10.3 Å². The summed E-state index contributed by atoms with van der Waals surface area (Å²) in [6.45, 7) is 22.4. The number of esters is 2. The third-order valence-corrected chi connectivity index (χ3v) is 8.07. The van der Waals surface area contributed by atoms with Gasteiger partial charge in [0.25, 0.3) is 0 Å². The molecule has 0 unspecified atom stereocenters. The SMILES string of the molecule is C1CNCCN1.C=C(/C=C\C(=C/C)OC(C)=O)C[C@H](NC(=O)CNS(=O)(=O)c1cccnc1)C(=O)OC(C)(C)C.CSC(C)(C)C. The Bertz CT molecular complexity index is 1250. The Morgan fingerprint density at radius 1 is 1.09 bits per heavy atom. The van der Waals surface area contributed by atoms with Crippen molar-refractivity contribution in [3.8, 4) is 0 Å². The number of sulfonamides is 1. The van der Waals surface area contributed by atoms with Crippen molar-refractivity contribution in [2.75, 3.05) is 39.0 Å². The van der Waals surface area contributed by atoms with Gasteiger partial charge in [0.1, 0.15) is 22.3 Å². The van der Waals surface area contributed by atoms with Gasteiger partial charge >= 0.3 is 11.9 Å². The fraction of sp³-hybridized carbons (Fsp3) is 0.562. The van der Waals surface area contributed by atoms with Crippen LogP contribution in [0.2, 0.25) is 0 Å². The van der Waals surface area contributed by atoms with Gasteiger partial charge in [-0.25, -0.2) is 17.9 Å². The summed E-state index contributed by atoms with van der Waals surface area (Å²) < 4.78 is 37.6. The molecule has 0 spiro atoms. The Morgan fingerprint density at radius 3 is 2.07 bits per heavy atom. The molecule has 1 fully saturated rings. The maximum Gasteiger partial charge on any atom is 0.329 e. The second-order valence-electron chi connectivity index (χ2n) is 12.0. The minimum Gasteiger partial charge on any atom is -0.458 e. The van der Waals surface area contributed by atoms with Crippen molar-refractivity contribution in [1.82, 2.24) is 25.7 Å². The van der Waals surface area contributed by atoms with Crippen LogP contribution in [0.25, 0.3) is 0 Å². The number of hydrogen-bond donors (Lipinski definition) is 4. The lowest BCUT2D eigenvalue weighted by Gasteiger charge is -2.25. The average Bonchev–Trinajstić information content (AvgIpc) is 2.98. The van der Waals surface area contributed by atoms with Crippen molar-refractivity contribution in [2.45, 2.75) is 83.1 Å². The van der Waals surface area contributed by atoms with E-state index in [-0.39, 0.29) is 17.1 Å². The first-order chi connectivity index (χ1) is 21.3. The summed E-state index contributed by atoms with van der Waals surface area (Å²) in [7, 11) is -3.96. The lowest BCUT2D eigenvalue weighted by atomic mass is 10.1. The lowest BCUT2D eigenvalue weighted by Crippen LogP contribution is -2.47. The van der Waals surface area contributed by atoms with Gasteiger partial charge in [0.2, 0.25) is 15.9 Å². The van der Waals surface area contributed by atoms with Crippen molar-refractivity contribution in [1.29, 1.82) is 0 Å². The number of rotatable bonds is 11. The summed E-state index contributed by atoms with van der Waals surface area (Å²) in [5, 5.41) is 8.92. The molecule has 1 saturated heterocycles. The standard InChI is InChI=1S/C23H31N3O7S.C5H12S.C4H10N2/c1-7-18(32-17(3)27)11-10-16(2)13-20(22(29)33-23(4,5)6)26-21(28)15-25-34(30,31)19-9-8-12-24-14-19;1-5(2,3)6-4;1-2-6-4-3-5-1/h7-12,14,20,25H,2,13,15H2,1,3-6H3,(H,26,28);1-4H3;5-6H,1-4H2/b11-10-,18-7+;;/t20-;;/m0../s1. The van der Waals surface area contributed by atoms with E-state index in [9.17, 15) is 22.8 Å². The first-order valence-electron chi connectivity index (χ1n) is 14.9. The molecule has 2 heterocycles. The number of allylic oxidation sites excluding steroid dienone is 3. The van der Waals surface area contributed by atoms with E-state index >= 15 is 0 Å². The summed E-state index contributed by atoms with van der Waals surface area (Å²) in [4.78, 5) is 39.9. The number of pyridine rings is 1. The molecule has 12 nitrogen and oxygen atoms in total. The molecule has 1 aromatic heterocycles. The molecule has 46 heavy (non-hydrogen) atoms. The number of hydrogen-bond acceptors (Lipinski definition) is 11. The van der Waals surface area contributed by atoms with Crippen molar-refractivity contribution in [3.63, 3.8) is 0 Å². The highest BCUT2D eigenvalue weighted by molar-refractivity contribution is 7.99. The predicted molar refractivity (Wildman–Crippen MR) is 185 cm³/mol. The zero-order chi connectivity index (χ0) is 35.4. The number of amides is 1. The maximum atomic E-state index is 12.7. The Hall–Kier alpha value is -3.04. The monoisotopic (exact) mass is 683 g/mol. The van der Waals surface area contributed by atoms with E-state index in [1.54, 1.807) is 33.8 Å². The molecule has 1 atom stereocenters. The predicted octanol–water partition coefficient (Wildman–Crippen LogP) is 3.48. The number of nitrogens with zero attached hydrogens (tertiary/aromatic N) is 1. The molecule has 1 amide bonds. The van der Waals surface area contributed by atoms with Crippen LogP contribution in [0.3, 0.4) is 0 Å². The summed E-state index contributed by atoms with van der Waals surface area (Å²) in [6, 6.07) is 1.66. The Kier molecular flexibility index (Phi) is 20.3. The zero-order valence-corrected chi connectivity index (χ0v) is 30.3. The summed E-state index contributed by atoms with van der Waals surface area (Å²) in [5.41, 5.74) is -0.384. The summed E-state index contributed by atoms with van der Waals surface area (Å²) >= 11 is 1.88. The number of piperazine rings is 1. The number of nitrogens with one attached hydrogen (secondary N) is 4. The summed E-state index contributed by atoms with van der Waals surface area (Å²) in [6.07, 6.45) is 9.28. The van der Waals surface area contributed by atoms with Crippen molar-refractivity contribution in [2.24, 2.45) is 0 Å². The van der Waals surface area contributed by atoms with Gasteiger partial charge < -0.3 is 25.4 Å². The van der Waals surface area contributed by atoms with Crippen molar-refractivity contribution >= 4 is 39.6 Å². The fourth-order valence-electron chi connectivity index (χ4n) is 3.05. The lowest BCUT2D eigenvalue weighted by molar-refractivity contribution is -0.158. The van der Waals surface area contributed by atoms with Crippen LogP contribution in [0, 0.1) is 0 Å². The van der Waals surface area contributed by atoms with E-state index < -0.39 is 46.1 Å². The van der Waals surface area contributed by atoms with Gasteiger partial charge in [0.05, 0.1) is 6.54 Å². The number of aromatic nitrogens is 1. The average molecular weight is 684 g/mol. The fourth-order valence-corrected chi connectivity index (χ4v) is 4.00. The van der Waals surface area contributed by atoms with Gasteiger partial charge in [0.15, 0.2) is 0 Å². The van der Waals surface area contributed by atoms with Gasteiger partial charge in [-0.15, -0.1) is 0 Å². The Labute approximate surface area is 279 Å². The number of ether oxygens (including phenoxy) is 2. The molecule has 0 saturated carbocycles. The zero-order valence-electron chi connectivity index (χ0n) is 28.7. The molecular formula is C32H53N5O7S2.